The molecule has 0 spiro atoms. The van der Waals surface area contributed by atoms with Gasteiger partial charge in [0.15, 0.2) is 0 Å². The number of benzene rings is 2. The fourth-order valence-corrected chi connectivity index (χ4v) is 3.66. The fraction of sp³-hybridized carbons (Fsp3) is 0.350. The van der Waals surface area contributed by atoms with E-state index in [4.69, 9.17) is 16.3 Å². The second-order valence-corrected chi connectivity index (χ2v) is 7.65. The maximum Gasteiger partial charge on any atom is 0.416 e. The summed E-state index contributed by atoms with van der Waals surface area (Å²) in [6.45, 7) is 3.94. The van der Waals surface area contributed by atoms with Crippen LogP contribution < -0.4 is 10.1 Å². The normalized spacial score (nSPS) is 20.9. The third-order valence-electron chi connectivity index (χ3n) is 5.12. The van der Waals surface area contributed by atoms with Crippen molar-refractivity contribution in [3.63, 3.8) is 0 Å². The zero-order valence-electron chi connectivity index (χ0n) is 15.0. The van der Waals surface area contributed by atoms with E-state index in [1.165, 1.54) is 25.3 Å². The van der Waals surface area contributed by atoms with E-state index in [2.05, 4.69) is 5.32 Å². The topological polar surface area (TPSA) is 38.3 Å². The van der Waals surface area contributed by atoms with Crippen molar-refractivity contribution in [2.45, 2.75) is 32.0 Å². The van der Waals surface area contributed by atoms with Crippen molar-refractivity contribution in [1.29, 1.82) is 0 Å². The van der Waals surface area contributed by atoms with Gasteiger partial charge < -0.3 is 10.1 Å². The molecule has 144 valence electrons. The SMILES string of the molecule is COc1ccc(Cl)cc1C(=O)N[C@H]1[C@H](c2ccc(C(F)(F)F)cc2)C1(C)C. The van der Waals surface area contributed by atoms with Crippen molar-refractivity contribution in [2.24, 2.45) is 5.41 Å². The molecule has 0 bridgehead atoms. The molecule has 2 aromatic carbocycles. The fourth-order valence-electron chi connectivity index (χ4n) is 3.49. The highest BCUT2D eigenvalue weighted by atomic mass is 35.5. The van der Waals surface area contributed by atoms with Crippen LogP contribution >= 0.6 is 11.6 Å². The number of hydrogen-bond donors (Lipinski definition) is 1. The van der Waals surface area contributed by atoms with Crippen molar-refractivity contribution in [3.8, 4) is 5.75 Å². The van der Waals surface area contributed by atoms with Crippen LogP contribution in [0.1, 0.15) is 41.3 Å². The quantitative estimate of drug-likeness (QED) is 0.761. The van der Waals surface area contributed by atoms with Crippen LogP contribution in [0.25, 0.3) is 0 Å². The lowest BCUT2D eigenvalue weighted by Crippen LogP contribution is -2.29. The first-order chi connectivity index (χ1) is 12.6. The Bertz CT molecular complexity index is 863. The third kappa shape index (κ3) is 3.76. The van der Waals surface area contributed by atoms with Gasteiger partial charge in [0.05, 0.1) is 18.2 Å². The number of amides is 1. The first-order valence-electron chi connectivity index (χ1n) is 8.37. The molecule has 1 aliphatic carbocycles. The van der Waals surface area contributed by atoms with Crippen LogP contribution in [0.5, 0.6) is 5.75 Å². The molecule has 2 atom stereocenters. The van der Waals surface area contributed by atoms with Crippen LogP contribution in [0.15, 0.2) is 42.5 Å². The molecule has 0 saturated heterocycles. The van der Waals surface area contributed by atoms with Gasteiger partial charge in [0.2, 0.25) is 0 Å². The number of methoxy groups -OCH3 is 1. The molecule has 1 saturated carbocycles. The van der Waals surface area contributed by atoms with E-state index in [-0.39, 0.29) is 23.3 Å². The van der Waals surface area contributed by atoms with Crippen LogP contribution in [-0.2, 0) is 6.18 Å². The molecule has 0 heterocycles. The zero-order chi connectivity index (χ0) is 20.0. The zero-order valence-corrected chi connectivity index (χ0v) is 15.8. The number of halogens is 4. The molecule has 0 radical (unpaired) electrons. The van der Waals surface area contributed by atoms with E-state index in [9.17, 15) is 18.0 Å². The second kappa shape index (κ2) is 6.75. The lowest BCUT2D eigenvalue weighted by Gasteiger charge is -2.10. The van der Waals surface area contributed by atoms with Gasteiger partial charge in [-0.3, -0.25) is 4.79 Å². The predicted molar refractivity (Wildman–Crippen MR) is 97.2 cm³/mol. The van der Waals surface area contributed by atoms with E-state index in [0.717, 1.165) is 17.7 Å². The van der Waals surface area contributed by atoms with Crippen molar-refractivity contribution in [1.82, 2.24) is 5.32 Å². The molecule has 1 aliphatic rings. The van der Waals surface area contributed by atoms with Gasteiger partial charge in [-0.15, -0.1) is 0 Å². The summed E-state index contributed by atoms with van der Waals surface area (Å²) in [5.41, 5.74) is 0.116. The number of alkyl halides is 3. The highest BCUT2D eigenvalue weighted by Crippen LogP contribution is 2.58. The molecule has 0 aliphatic heterocycles. The lowest BCUT2D eigenvalue weighted by molar-refractivity contribution is -0.137. The van der Waals surface area contributed by atoms with E-state index in [1.807, 2.05) is 13.8 Å². The summed E-state index contributed by atoms with van der Waals surface area (Å²) in [5, 5.41) is 3.37. The highest BCUT2D eigenvalue weighted by molar-refractivity contribution is 6.31. The summed E-state index contributed by atoms with van der Waals surface area (Å²) >= 11 is 5.97. The monoisotopic (exact) mass is 397 g/mol. The molecule has 1 fully saturated rings. The van der Waals surface area contributed by atoms with Gasteiger partial charge in [0.1, 0.15) is 5.75 Å². The molecular weight excluding hydrogens is 379 g/mol. The van der Waals surface area contributed by atoms with Crippen molar-refractivity contribution >= 4 is 17.5 Å². The molecule has 0 aromatic heterocycles. The van der Waals surface area contributed by atoms with E-state index < -0.39 is 11.7 Å². The minimum atomic E-state index is -4.37. The Morgan fingerprint density at radius 1 is 1.15 bits per heavy atom. The Labute approximate surface area is 160 Å². The Balaban J connectivity index is 1.79. The smallest absolute Gasteiger partial charge is 0.416 e. The molecule has 7 heteroatoms. The Morgan fingerprint density at radius 2 is 1.78 bits per heavy atom. The summed E-state index contributed by atoms with van der Waals surface area (Å²) in [6.07, 6.45) is -4.37. The van der Waals surface area contributed by atoms with Gasteiger partial charge in [-0.2, -0.15) is 13.2 Å². The molecule has 1 N–H and O–H groups in total. The van der Waals surface area contributed by atoms with Crippen molar-refractivity contribution in [2.75, 3.05) is 7.11 Å². The minimum absolute atomic E-state index is 0.0751. The lowest BCUT2D eigenvalue weighted by atomic mass is 10.0. The maximum absolute atomic E-state index is 12.7. The first kappa shape index (κ1) is 19.5. The Morgan fingerprint density at radius 3 is 2.33 bits per heavy atom. The molecule has 1 amide bonds. The van der Waals surface area contributed by atoms with Gasteiger partial charge in [-0.25, -0.2) is 0 Å². The average Bonchev–Trinajstić information content (AvgIpc) is 3.14. The van der Waals surface area contributed by atoms with Crippen LogP contribution in [-0.4, -0.2) is 19.1 Å². The van der Waals surface area contributed by atoms with E-state index in [1.54, 1.807) is 12.1 Å². The van der Waals surface area contributed by atoms with Crippen LogP contribution in [0.3, 0.4) is 0 Å². The summed E-state index contributed by atoms with van der Waals surface area (Å²) in [4.78, 5) is 12.7. The average molecular weight is 398 g/mol. The molecular formula is C20H19ClF3NO2. The number of hydrogen-bond acceptors (Lipinski definition) is 2. The van der Waals surface area contributed by atoms with Crippen LogP contribution in [0.2, 0.25) is 5.02 Å². The number of nitrogens with one attached hydrogen (secondary N) is 1. The van der Waals surface area contributed by atoms with E-state index in [0.29, 0.717) is 16.3 Å². The summed E-state index contributed by atoms with van der Waals surface area (Å²) in [7, 11) is 1.46. The molecule has 27 heavy (non-hydrogen) atoms. The third-order valence-corrected chi connectivity index (χ3v) is 5.35. The predicted octanol–water partition coefficient (Wildman–Crippen LogP) is 5.29. The largest absolute Gasteiger partial charge is 0.496 e. The van der Waals surface area contributed by atoms with Crippen LogP contribution in [0.4, 0.5) is 13.2 Å². The maximum atomic E-state index is 12.7. The molecule has 2 aromatic rings. The summed E-state index contributed by atoms with van der Waals surface area (Å²) in [6, 6.07) is 9.66. The summed E-state index contributed by atoms with van der Waals surface area (Å²) in [5.74, 6) is -0.00261. The highest BCUT2D eigenvalue weighted by Gasteiger charge is 2.59. The minimum Gasteiger partial charge on any atom is -0.496 e. The van der Waals surface area contributed by atoms with E-state index >= 15 is 0 Å². The second-order valence-electron chi connectivity index (χ2n) is 7.21. The van der Waals surface area contributed by atoms with Gasteiger partial charge >= 0.3 is 6.18 Å². The van der Waals surface area contributed by atoms with Gasteiger partial charge in [0.25, 0.3) is 5.91 Å². The Kier molecular flexibility index (Phi) is 4.89. The summed E-state index contributed by atoms with van der Waals surface area (Å²) < 4.78 is 43.5. The number of ether oxygens (including phenoxy) is 1. The van der Waals surface area contributed by atoms with Gasteiger partial charge in [-0.05, 0) is 41.3 Å². The number of carbonyl (C=O) groups excluding carboxylic acids is 1. The van der Waals surface area contributed by atoms with Crippen LogP contribution in [0, 0.1) is 5.41 Å². The van der Waals surface area contributed by atoms with Crippen molar-refractivity contribution < 1.29 is 22.7 Å². The Hall–Kier alpha value is -2.21. The number of carbonyl (C=O) groups is 1. The van der Waals surface area contributed by atoms with Crippen molar-refractivity contribution in [3.05, 3.63) is 64.2 Å². The molecule has 0 unspecified atom stereocenters. The molecule has 3 rings (SSSR count). The number of rotatable bonds is 4. The van der Waals surface area contributed by atoms with Gasteiger partial charge in [-0.1, -0.05) is 37.6 Å². The van der Waals surface area contributed by atoms with Gasteiger partial charge in [0, 0.05) is 17.0 Å². The molecule has 3 nitrogen and oxygen atoms in total. The standard InChI is InChI=1S/C20H19ClF3NO2/c1-19(2)16(11-4-6-12(7-5-11)20(22,23)24)17(19)25-18(26)14-10-13(21)8-9-15(14)27-3/h4-10,16-17H,1-3H3,(H,25,26)/t16-,17-/m0/s1. The first-order valence-corrected chi connectivity index (χ1v) is 8.75.